The Morgan fingerprint density at radius 2 is 1.81 bits per heavy atom. The first-order valence-corrected chi connectivity index (χ1v) is 25.6. The maximum atomic E-state index is 15.0. The second kappa shape index (κ2) is 18.7. The van der Waals surface area contributed by atoms with Crippen molar-refractivity contribution in [3.8, 4) is 11.6 Å². The number of hydrogen-bond acceptors (Lipinski definition) is 10. The van der Waals surface area contributed by atoms with Gasteiger partial charge in [-0.2, -0.15) is 0 Å². The number of hydrogen-bond donors (Lipinski definition) is 1. The molecule has 2 aliphatic heterocycles. The fraction of sp³-hybridized carbons (Fsp3) is 0.706. The minimum Gasteiger partial charge on any atom is -0.492 e. The van der Waals surface area contributed by atoms with Crippen LogP contribution in [0.5, 0.6) is 11.6 Å². The van der Waals surface area contributed by atoms with E-state index >= 15 is 4.79 Å². The number of ketones is 1. The minimum atomic E-state index is -3.97. The number of allylic oxidation sites excluding steroid dienone is 1. The van der Waals surface area contributed by atoms with E-state index in [4.69, 9.17) is 19.2 Å². The Kier molecular flexibility index (Phi) is 14.0. The van der Waals surface area contributed by atoms with Gasteiger partial charge in [-0.05, 0) is 111 Å². The molecule has 4 fully saturated rings. The molecule has 5 aliphatic rings. The number of aromatic nitrogens is 1. The van der Waals surface area contributed by atoms with Crippen LogP contribution in [0.1, 0.15) is 162 Å². The Balaban J connectivity index is 1.26. The minimum absolute atomic E-state index is 0.0506. The summed E-state index contributed by atoms with van der Waals surface area (Å²) in [5, 5.41) is 0.923. The number of Topliss-reactive ketones (excluding diaryl/α,β-unsaturated/α-hetero) is 1. The van der Waals surface area contributed by atoms with Crippen molar-refractivity contribution in [3.05, 3.63) is 42.0 Å². The van der Waals surface area contributed by atoms with Crippen LogP contribution in [-0.4, -0.2) is 78.0 Å². The van der Waals surface area contributed by atoms with E-state index < -0.39 is 61.5 Å². The fourth-order valence-corrected chi connectivity index (χ4v) is 11.2. The first-order valence-electron chi connectivity index (χ1n) is 24.1. The lowest BCUT2D eigenvalue weighted by molar-refractivity contribution is -0.154. The molecule has 0 unspecified atom stereocenters. The Morgan fingerprint density at radius 1 is 1.06 bits per heavy atom. The van der Waals surface area contributed by atoms with Crippen LogP contribution in [0.15, 0.2) is 30.9 Å². The van der Waals surface area contributed by atoms with E-state index in [0.29, 0.717) is 43.6 Å². The van der Waals surface area contributed by atoms with Gasteiger partial charge in [-0.1, -0.05) is 79.9 Å². The molecule has 7 rings (SSSR count). The molecule has 0 spiro atoms. The zero-order chi connectivity index (χ0) is 46.4. The summed E-state index contributed by atoms with van der Waals surface area (Å²) in [5.41, 5.74) is 0.773. The van der Waals surface area contributed by atoms with E-state index in [2.05, 4.69) is 57.2 Å². The Bertz CT molecular complexity index is 2230. The molecule has 1 aromatic heterocycles. The van der Waals surface area contributed by atoms with Gasteiger partial charge in [-0.3, -0.25) is 23.9 Å². The number of sulfonamides is 1. The predicted octanol–water partition coefficient (Wildman–Crippen LogP) is 9.16. The molecule has 2 bridgehead atoms. The van der Waals surface area contributed by atoms with Gasteiger partial charge in [0.2, 0.25) is 27.7 Å². The van der Waals surface area contributed by atoms with Crippen molar-refractivity contribution in [3.63, 3.8) is 0 Å². The highest BCUT2D eigenvalue weighted by molar-refractivity contribution is 7.91. The van der Waals surface area contributed by atoms with Crippen LogP contribution in [0.3, 0.4) is 0 Å². The molecular formula is C51H73N3O9S. The van der Waals surface area contributed by atoms with Crippen LogP contribution in [-0.2, 0) is 40.4 Å². The van der Waals surface area contributed by atoms with Gasteiger partial charge in [-0.25, -0.2) is 13.4 Å². The van der Waals surface area contributed by atoms with E-state index in [1.807, 2.05) is 20.8 Å². The molecule has 3 aliphatic carbocycles. The molecule has 13 heteroatoms. The van der Waals surface area contributed by atoms with Crippen LogP contribution in [0.2, 0.25) is 0 Å². The molecule has 1 N–H and O–H groups in total. The molecule has 1 saturated heterocycles. The highest BCUT2D eigenvalue weighted by atomic mass is 32.2. The highest BCUT2D eigenvalue weighted by Crippen LogP contribution is 2.57. The molecule has 12 nitrogen and oxygen atoms in total. The summed E-state index contributed by atoms with van der Waals surface area (Å²) >= 11 is 0. The summed E-state index contributed by atoms with van der Waals surface area (Å²) in [6.45, 7) is 20.6. The van der Waals surface area contributed by atoms with Crippen LogP contribution in [0.4, 0.5) is 0 Å². The lowest BCUT2D eigenvalue weighted by Gasteiger charge is -2.34. The molecule has 64 heavy (non-hydrogen) atoms. The number of esters is 1. The Morgan fingerprint density at radius 3 is 2.47 bits per heavy atom. The smallest absolute Gasteiger partial charge is 0.306 e. The number of nitrogens with one attached hydrogen (secondary N) is 1. The standard InChI is InChI=1S/C51H73N3O9S/c1-10-35-28-51(35,48(58)53-64(59,60)50(9)21-22-50)29-42(55)41-26-36-30-54(41)47(57)39(49(6,7)8)27-44(56)63-43-25-34(43)17-12-11-13-18-38-45(61-23-15-14-16-31(2)3)37-20-19-33(32(4)5)24-40(37)52-46(38)62-36/h10,19-20,24,31-32,34-36,39,41,43H,1,11-18,21-23,25-30H2,2-9H3,(H,53,58)/t34-,35-,36-,39-,41+,43-,51-/m1/s1. The number of carbonyl (C=O) groups is 4. The number of benzene rings is 1. The predicted molar refractivity (Wildman–Crippen MR) is 247 cm³/mol. The summed E-state index contributed by atoms with van der Waals surface area (Å²) in [7, 11) is -3.97. The Labute approximate surface area is 381 Å². The highest BCUT2D eigenvalue weighted by Gasteiger charge is 2.62. The number of unbranched alkanes of at least 4 members (excludes halogenated alkanes) is 1. The van der Waals surface area contributed by atoms with Gasteiger partial charge in [0.25, 0.3) is 0 Å². The molecule has 7 atom stereocenters. The van der Waals surface area contributed by atoms with E-state index in [1.165, 1.54) is 0 Å². The van der Waals surface area contributed by atoms with Crippen molar-refractivity contribution in [1.29, 1.82) is 0 Å². The Hall–Kier alpha value is -4.00. The molecule has 2 aromatic rings. The van der Waals surface area contributed by atoms with Crippen molar-refractivity contribution in [2.75, 3.05) is 13.2 Å². The molecule has 2 amide bonds. The average molecular weight is 904 g/mol. The quantitative estimate of drug-likeness (QED) is 0.110. The average Bonchev–Trinajstić information content (AvgIpc) is 4.18. The molecular weight excluding hydrogens is 831 g/mol. The summed E-state index contributed by atoms with van der Waals surface area (Å²) < 4.78 is 47.5. The van der Waals surface area contributed by atoms with Crippen molar-refractivity contribution in [1.82, 2.24) is 14.6 Å². The van der Waals surface area contributed by atoms with E-state index in [-0.39, 0.29) is 55.9 Å². The van der Waals surface area contributed by atoms with E-state index in [9.17, 15) is 22.8 Å². The molecule has 3 heterocycles. The summed E-state index contributed by atoms with van der Waals surface area (Å²) in [6.07, 6.45) is 9.97. The van der Waals surface area contributed by atoms with Gasteiger partial charge in [0.1, 0.15) is 18.0 Å². The van der Waals surface area contributed by atoms with Crippen molar-refractivity contribution >= 4 is 44.5 Å². The zero-order valence-electron chi connectivity index (χ0n) is 39.6. The third kappa shape index (κ3) is 10.5. The zero-order valence-corrected chi connectivity index (χ0v) is 40.4. The third-order valence-corrected chi connectivity index (χ3v) is 17.0. The SMILES string of the molecule is C=C[C@@H]1C[C@]1(CC(=O)[C@@H]1C[C@@H]2CN1C(=O)[C@H](C(C)(C)C)CC(=O)O[C@@H]1C[C@H]1CCCCCc1c(nc3cc(C(C)C)ccc3c1OCCCCC(C)C)O2)C(=O)NS(=O)(=O)C1(C)CC1. The number of fused-ring (bicyclic) bond motifs is 5. The lowest BCUT2D eigenvalue weighted by atomic mass is 9.77. The van der Waals surface area contributed by atoms with Crippen molar-refractivity contribution < 1.29 is 41.8 Å². The third-order valence-electron chi connectivity index (χ3n) is 14.9. The maximum absolute atomic E-state index is 15.0. The molecule has 1 aromatic carbocycles. The van der Waals surface area contributed by atoms with Crippen molar-refractivity contribution in [2.45, 2.75) is 181 Å². The second-order valence-electron chi connectivity index (χ2n) is 21.9. The van der Waals surface area contributed by atoms with Gasteiger partial charge < -0.3 is 19.1 Å². The number of pyridine rings is 1. The number of amides is 2. The fourth-order valence-electron chi connectivity index (χ4n) is 9.84. The van der Waals surface area contributed by atoms with Crippen LogP contribution >= 0.6 is 0 Å². The molecule has 0 radical (unpaired) electrons. The second-order valence-corrected chi connectivity index (χ2v) is 24.0. The van der Waals surface area contributed by atoms with E-state index in [0.717, 1.165) is 79.1 Å². The summed E-state index contributed by atoms with van der Waals surface area (Å²) in [6, 6.07) is 5.34. The summed E-state index contributed by atoms with van der Waals surface area (Å²) in [4.78, 5) is 64.1. The monoisotopic (exact) mass is 904 g/mol. The number of carbonyl (C=O) groups excluding carboxylic acids is 4. The first kappa shape index (κ1) is 47.9. The number of ether oxygens (including phenoxy) is 3. The topological polar surface area (TPSA) is 158 Å². The van der Waals surface area contributed by atoms with Crippen LogP contribution in [0, 0.1) is 34.5 Å². The molecule has 3 saturated carbocycles. The van der Waals surface area contributed by atoms with Crippen LogP contribution < -0.4 is 14.2 Å². The van der Waals surface area contributed by atoms with Gasteiger partial charge in [0, 0.05) is 18.2 Å². The summed E-state index contributed by atoms with van der Waals surface area (Å²) in [5.74, 6) is -0.730. The normalized spacial score (nSPS) is 28.3. The van der Waals surface area contributed by atoms with Crippen LogP contribution in [0.25, 0.3) is 10.9 Å². The van der Waals surface area contributed by atoms with Gasteiger partial charge >= 0.3 is 5.97 Å². The maximum Gasteiger partial charge on any atom is 0.306 e. The van der Waals surface area contributed by atoms with E-state index in [1.54, 1.807) is 17.9 Å². The van der Waals surface area contributed by atoms with Crippen molar-refractivity contribution in [2.24, 2.45) is 34.5 Å². The van der Waals surface area contributed by atoms with Gasteiger partial charge in [-0.15, -0.1) is 6.58 Å². The molecule has 352 valence electrons. The van der Waals surface area contributed by atoms with Gasteiger partial charge in [0.05, 0.1) is 52.8 Å². The lowest BCUT2D eigenvalue weighted by Crippen LogP contribution is -2.49. The number of rotatable bonds is 14. The largest absolute Gasteiger partial charge is 0.492 e. The first-order chi connectivity index (χ1) is 30.2. The van der Waals surface area contributed by atoms with Gasteiger partial charge in [0.15, 0.2) is 5.78 Å². The number of nitrogens with zero attached hydrogens (tertiary/aromatic N) is 2.